The number of hydrogen-bond acceptors (Lipinski definition) is 8. The van der Waals surface area contributed by atoms with E-state index >= 15 is 0 Å². The van der Waals surface area contributed by atoms with Crippen LogP contribution in [0.5, 0.6) is 11.6 Å². The van der Waals surface area contributed by atoms with Crippen LogP contribution in [0, 0.1) is 11.8 Å². The maximum atomic E-state index is 13.7. The second-order valence-electron chi connectivity index (χ2n) is 14.8. The number of nitrogens with zero attached hydrogens (tertiary/aromatic N) is 5. The van der Waals surface area contributed by atoms with Gasteiger partial charge in [-0.3, -0.25) is 9.59 Å². The molecular formula is C40H50N8O5. The average molecular weight is 723 g/mol. The molecule has 0 radical (unpaired) electrons. The van der Waals surface area contributed by atoms with Crippen molar-refractivity contribution in [3.05, 3.63) is 65.6 Å². The van der Waals surface area contributed by atoms with Crippen LogP contribution in [0.15, 0.2) is 42.9 Å². The number of likely N-dealkylation sites (tertiary alicyclic amines) is 2. The van der Waals surface area contributed by atoms with E-state index < -0.39 is 12.1 Å². The number of carbonyl (C=O) groups excluding carboxylic acids is 3. The van der Waals surface area contributed by atoms with Crippen molar-refractivity contribution in [3.8, 4) is 34.1 Å². The maximum Gasteiger partial charge on any atom is 0.407 e. The number of pyridine rings is 1. The predicted octanol–water partition coefficient (Wildman–Crippen LogP) is 7.09. The van der Waals surface area contributed by atoms with Gasteiger partial charge >= 0.3 is 6.09 Å². The van der Waals surface area contributed by atoms with Crippen molar-refractivity contribution in [1.82, 2.24) is 40.0 Å². The number of ether oxygens (including phenoxy) is 2. The lowest BCUT2D eigenvalue weighted by molar-refractivity contribution is -0.136. The molecule has 5 atom stereocenters. The Morgan fingerprint density at radius 1 is 0.887 bits per heavy atom. The fourth-order valence-electron chi connectivity index (χ4n) is 7.71. The van der Waals surface area contributed by atoms with Gasteiger partial charge in [-0.2, -0.15) is 0 Å². The highest BCUT2D eigenvalue weighted by atomic mass is 16.5. The normalized spacial score (nSPS) is 19.6. The molecule has 3 N–H and O–H groups in total. The van der Waals surface area contributed by atoms with E-state index in [-0.39, 0.29) is 29.8 Å². The first-order valence-electron chi connectivity index (χ1n) is 19.0. The van der Waals surface area contributed by atoms with Crippen LogP contribution in [0.4, 0.5) is 4.79 Å². The van der Waals surface area contributed by atoms with E-state index in [2.05, 4.69) is 47.3 Å². The second-order valence-corrected chi connectivity index (χ2v) is 14.8. The quantitative estimate of drug-likeness (QED) is 0.130. The van der Waals surface area contributed by atoms with Gasteiger partial charge in [0.15, 0.2) is 0 Å². The molecule has 6 heterocycles. The Morgan fingerprint density at radius 3 is 2.25 bits per heavy atom. The molecule has 3 aliphatic heterocycles. The molecule has 1 aromatic carbocycles. The minimum atomic E-state index is -0.678. The molecule has 3 aliphatic rings. The summed E-state index contributed by atoms with van der Waals surface area (Å²) in [4.78, 5) is 63.7. The fourth-order valence-corrected chi connectivity index (χ4v) is 7.71. The van der Waals surface area contributed by atoms with Gasteiger partial charge in [-0.25, -0.2) is 19.7 Å². The minimum absolute atomic E-state index is 0.0256. The van der Waals surface area contributed by atoms with Gasteiger partial charge in [-0.05, 0) is 55.2 Å². The molecule has 3 aromatic heterocycles. The molecule has 5 unspecified atom stereocenters. The molecule has 2 saturated heterocycles. The minimum Gasteiger partial charge on any atom is -0.453 e. The van der Waals surface area contributed by atoms with Crippen LogP contribution < -0.4 is 10.1 Å². The number of rotatable bonds is 11. The predicted molar refractivity (Wildman–Crippen MR) is 199 cm³/mol. The first kappa shape index (κ1) is 36.2. The van der Waals surface area contributed by atoms with Crippen LogP contribution in [0.1, 0.15) is 108 Å². The zero-order valence-electron chi connectivity index (χ0n) is 31.3. The Labute approximate surface area is 310 Å². The summed E-state index contributed by atoms with van der Waals surface area (Å²) in [5, 5.41) is 2.75. The molecular weight excluding hydrogens is 672 g/mol. The maximum absolute atomic E-state index is 13.7. The van der Waals surface area contributed by atoms with E-state index in [0.29, 0.717) is 37.0 Å². The monoisotopic (exact) mass is 722 g/mol. The number of fused-ring (bicyclic) bond motifs is 2. The summed E-state index contributed by atoms with van der Waals surface area (Å²) in [7, 11) is 1.30. The molecule has 280 valence electrons. The molecule has 2 fully saturated rings. The third-order valence-electron chi connectivity index (χ3n) is 11.3. The number of H-pyrrole nitrogens is 2. The number of alkyl carbamates (subject to hydrolysis) is 1. The summed E-state index contributed by atoms with van der Waals surface area (Å²) in [5.74, 6) is 3.24. The summed E-state index contributed by atoms with van der Waals surface area (Å²) < 4.78 is 11.1. The number of carbonyl (C=O) groups is 3. The van der Waals surface area contributed by atoms with Gasteiger partial charge < -0.3 is 34.6 Å². The zero-order chi connectivity index (χ0) is 37.2. The molecule has 0 bridgehead atoms. The van der Waals surface area contributed by atoms with Crippen molar-refractivity contribution >= 4 is 17.9 Å². The van der Waals surface area contributed by atoms with Crippen molar-refractivity contribution in [3.63, 3.8) is 0 Å². The van der Waals surface area contributed by atoms with E-state index in [4.69, 9.17) is 24.4 Å². The number of methoxy groups -OCH3 is 1. The number of amides is 3. The summed E-state index contributed by atoms with van der Waals surface area (Å²) in [6.45, 7) is 9.57. The van der Waals surface area contributed by atoms with Gasteiger partial charge in [0, 0.05) is 48.8 Å². The lowest BCUT2D eigenvalue weighted by Gasteiger charge is -2.30. The number of aromatic nitrogens is 5. The Balaban J connectivity index is 1.04. The molecule has 0 spiro atoms. The van der Waals surface area contributed by atoms with E-state index in [9.17, 15) is 14.4 Å². The van der Waals surface area contributed by atoms with Gasteiger partial charge in [-0.15, -0.1) is 0 Å². The number of aromatic amines is 2. The topological polar surface area (TPSA) is 158 Å². The third kappa shape index (κ3) is 7.38. The first-order chi connectivity index (χ1) is 25.7. The van der Waals surface area contributed by atoms with Crippen LogP contribution in [-0.4, -0.2) is 78.9 Å². The average Bonchev–Trinajstić information content (AvgIpc) is 4.01. The van der Waals surface area contributed by atoms with Gasteiger partial charge in [0.1, 0.15) is 23.4 Å². The second kappa shape index (κ2) is 15.4. The van der Waals surface area contributed by atoms with Crippen LogP contribution in [-0.2, 0) is 20.7 Å². The molecule has 53 heavy (non-hydrogen) atoms. The zero-order valence-corrected chi connectivity index (χ0v) is 31.3. The number of nitrogens with one attached hydrogen (secondary N) is 3. The molecule has 0 aliphatic carbocycles. The molecule has 13 nitrogen and oxygen atoms in total. The Hall–Kier alpha value is -5.20. The number of hydrogen-bond donors (Lipinski definition) is 3. The number of imidazole rings is 2. The van der Waals surface area contributed by atoms with E-state index in [0.717, 1.165) is 90.3 Å². The van der Waals surface area contributed by atoms with Gasteiger partial charge in [-0.1, -0.05) is 52.7 Å². The summed E-state index contributed by atoms with van der Waals surface area (Å²) in [5.41, 5.74) is 5.54. The third-order valence-corrected chi connectivity index (χ3v) is 11.3. The number of benzene rings is 1. The SMILES string of the molecule is CCC(C)CC(=O)N1CCCC1c1ncc(-c2ccc3c(c2)Oc2ncc(-c4cnc(C5CCCN5C(=O)C(NC(=O)OC)C(C)CC)[nH]4)cc2C3)[nH]1. The molecule has 4 aromatic rings. The standard InChI is InChI=1S/C40H50N8O5/c1-6-23(3)16-34(49)47-14-8-10-31(47)36-41-21-29(44-36)25-12-13-26-17-27-18-28(20-43-38(27)53-33(26)19-25)30-22-42-37(45-30)32-11-9-15-48(32)39(50)35(24(4)7-2)46-40(51)52-5/h12-13,18-24,31-32,35H,6-11,14-17H2,1-5H3,(H,41,44)(H,42,45)(H,46,51). The van der Waals surface area contributed by atoms with Crippen LogP contribution in [0.2, 0.25) is 0 Å². The highest BCUT2D eigenvalue weighted by Gasteiger charge is 2.38. The van der Waals surface area contributed by atoms with Gasteiger partial charge in [0.05, 0.1) is 43.0 Å². The summed E-state index contributed by atoms with van der Waals surface area (Å²) in [6.07, 6.45) is 11.3. The highest BCUT2D eigenvalue weighted by Crippen LogP contribution is 2.40. The highest BCUT2D eigenvalue weighted by molar-refractivity contribution is 5.86. The molecule has 0 saturated carbocycles. The van der Waals surface area contributed by atoms with Crippen LogP contribution in [0.3, 0.4) is 0 Å². The van der Waals surface area contributed by atoms with Gasteiger partial charge in [0.25, 0.3) is 0 Å². The summed E-state index contributed by atoms with van der Waals surface area (Å²) in [6, 6.07) is 7.32. The van der Waals surface area contributed by atoms with Gasteiger partial charge in [0.2, 0.25) is 17.7 Å². The first-order valence-corrected chi connectivity index (χ1v) is 19.0. The molecule has 3 amide bonds. The van der Waals surface area contributed by atoms with E-state index in [1.165, 1.54) is 7.11 Å². The van der Waals surface area contributed by atoms with Crippen molar-refractivity contribution in [2.45, 2.75) is 97.2 Å². The summed E-state index contributed by atoms with van der Waals surface area (Å²) >= 11 is 0. The van der Waals surface area contributed by atoms with Crippen molar-refractivity contribution in [2.75, 3.05) is 20.2 Å². The Kier molecular flexibility index (Phi) is 10.5. The van der Waals surface area contributed by atoms with E-state index in [1.807, 2.05) is 35.9 Å². The lowest BCUT2D eigenvalue weighted by Crippen LogP contribution is -2.51. The van der Waals surface area contributed by atoms with Crippen molar-refractivity contribution < 1.29 is 23.9 Å². The largest absolute Gasteiger partial charge is 0.453 e. The lowest BCUT2D eigenvalue weighted by atomic mass is 9.97. The Morgan fingerprint density at radius 2 is 1.57 bits per heavy atom. The van der Waals surface area contributed by atoms with Crippen molar-refractivity contribution in [1.29, 1.82) is 0 Å². The van der Waals surface area contributed by atoms with Crippen molar-refractivity contribution in [2.24, 2.45) is 11.8 Å². The molecule has 13 heteroatoms. The van der Waals surface area contributed by atoms with Crippen LogP contribution >= 0.6 is 0 Å². The van der Waals surface area contributed by atoms with E-state index in [1.54, 1.807) is 12.4 Å². The molecule has 7 rings (SSSR count). The fraction of sp³-hybridized carbons (Fsp3) is 0.500. The van der Waals surface area contributed by atoms with Crippen LogP contribution in [0.25, 0.3) is 22.5 Å². The Bertz CT molecular complexity index is 1970. The smallest absolute Gasteiger partial charge is 0.407 e.